The molecule has 5 heteroatoms. The van der Waals surface area contributed by atoms with Crippen LogP contribution >= 0.6 is 23.2 Å². The van der Waals surface area contributed by atoms with E-state index in [0.29, 0.717) is 0 Å². The van der Waals surface area contributed by atoms with Gasteiger partial charge in [-0.15, -0.1) is 0 Å². The van der Waals surface area contributed by atoms with Crippen molar-refractivity contribution in [1.82, 2.24) is 0 Å². The number of carbonyl (C=O) groups is 1. The molecule has 1 aromatic rings. The number of benzene rings is 1. The van der Waals surface area contributed by atoms with Gasteiger partial charge >= 0.3 is 0 Å². The van der Waals surface area contributed by atoms with Crippen LogP contribution in [0, 0.1) is 0 Å². The van der Waals surface area contributed by atoms with E-state index in [9.17, 15) is 13.6 Å². The summed E-state index contributed by atoms with van der Waals surface area (Å²) in [5, 5.41) is -0.760. The summed E-state index contributed by atoms with van der Waals surface area (Å²) in [6.07, 6.45) is -2.75. The summed E-state index contributed by atoms with van der Waals surface area (Å²) in [6, 6.07) is 3.55. The Hall–Kier alpha value is -0.670. The van der Waals surface area contributed by atoms with E-state index in [1.54, 1.807) is 0 Å². The molecule has 0 aliphatic rings. The first-order chi connectivity index (χ1) is 6.02. The normalized spacial score (nSPS) is 10.5. The molecule has 0 radical (unpaired) electrons. The lowest BCUT2D eigenvalue weighted by atomic mass is 10.1. The van der Waals surface area contributed by atoms with Crippen LogP contribution in [0.4, 0.5) is 8.78 Å². The monoisotopic (exact) mass is 224 g/mol. The van der Waals surface area contributed by atoms with Gasteiger partial charge in [0.1, 0.15) is 0 Å². The number of hydrogen-bond donors (Lipinski definition) is 0. The molecule has 0 unspecified atom stereocenters. The van der Waals surface area contributed by atoms with Gasteiger partial charge in [-0.05, 0) is 29.8 Å². The van der Waals surface area contributed by atoms with Crippen LogP contribution in [-0.2, 0) is 0 Å². The maximum atomic E-state index is 12.3. The Morgan fingerprint density at radius 1 is 1.38 bits per heavy atom. The molecule has 0 amide bonds. The van der Waals surface area contributed by atoms with Crippen molar-refractivity contribution in [3.63, 3.8) is 0 Å². The smallest absolute Gasteiger partial charge is 0.264 e. The SMILES string of the molecule is O=C(Cl)c1ccc(Cl)cc1C(F)F. The molecule has 1 nitrogen and oxygen atoms in total. The lowest BCUT2D eigenvalue weighted by Gasteiger charge is -2.04. The van der Waals surface area contributed by atoms with Crippen LogP contribution in [0.5, 0.6) is 0 Å². The van der Waals surface area contributed by atoms with Crippen molar-refractivity contribution < 1.29 is 13.6 Å². The van der Waals surface area contributed by atoms with Crippen LogP contribution in [0.1, 0.15) is 22.3 Å². The zero-order chi connectivity index (χ0) is 10.0. The first kappa shape index (κ1) is 10.4. The van der Waals surface area contributed by atoms with Crippen LogP contribution in [0.15, 0.2) is 18.2 Å². The van der Waals surface area contributed by atoms with Gasteiger partial charge in [-0.3, -0.25) is 4.79 Å². The zero-order valence-corrected chi connectivity index (χ0v) is 7.74. The minimum atomic E-state index is -2.75. The number of halogens is 4. The minimum absolute atomic E-state index is 0.150. The summed E-state index contributed by atoms with van der Waals surface area (Å²) in [5.41, 5.74) is -0.645. The van der Waals surface area contributed by atoms with Crippen molar-refractivity contribution in [3.05, 3.63) is 34.3 Å². The third-order valence-corrected chi connectivity index (χ3v) is 1.90. The maximum absolute atomic E-state index is 12.3. The van der Waals surface area contributed by atoms with Crippen molar-refractivity contribution in [1.29, 1.82) is 0 Å². The third kappa shape index (κ3) is 2.39. The summed E-state index contributed by atoms with van der Waals surface area (Å²) >= 11 is 10.6. The second-order valence-electron chi connectivity index (χ2n) is 2.31. The molecule has 0 fully saturated rings. The van der Waals surface area contributed by atoms with E-state index in [2.05, 4.69) is 0 Å². The lowest BCUT2D eigenvalue weighted by Crippen LogP contribution is -1.97. The predicted octanol–water partition coefficient (Wildman–Crippen LogP) is 3.66. The highest BCUT2D eigenvalue weighted by Gasteiger charge is 2.16. The van der Waals surface area contributed by atoms with Crippen LogP contribution in [0.25, 0.3) is 0 Å². The molecule has 1 aromatic carbocycles. The van der Waals surface area contributed by atoms with Gasteiger partial charge in [-0.2, -0.15) is 0 Å². The Morgan fingerprint density at radius 3 is 2.46 bits per heavy atom. The molecule has 0 aliphatic carbocycles. The molecule has 0 saturated heterocycles. The summed E-state index contributed by atoms with van der Waals surface area (Å²) in [5.74, 6) is 0. The highest BCUT2D eigenvalue weighted by molar-refractivity contribution is 6.68. The predicted molar refractivity (Wildman–Crippen MR) is 46.6 cm³/mol. The molecule has 0 bridgehead atoms. The molecular weight excluding hydrogens is 221 g/mol. The number of carbonyl (C=O) groups excluding carboxylic acids is 1. The first-order valence-electron chi connectivity index (χ1n) is 3.30. The van der Waals surface area contributed by atoms with Gasteiger partial charge in [-0.25, -0.2) is 8.78 Å². The molecule has 0 N–H and O–H groups in total. The largest absolute Gasteiger partial charge is 0.276 e. The van der Waals surface area contributed by atoms with Crippen molar-refractivity contribution >= 4 is 28.4 Å². The van der Waals surface area contributed by atoms with Crippen LogP contribution in [0.2, 0.25) is 5.02 Å². The fraction of sp³-hybridized carbons (Fsp3) is 0.125. The Kier molecular flexibility index (Phi) is 3.22. The van der Waals surface area contributed by atoms with E-state index in [4.69, 9.17) is 23.2 Å². The molecule has 0 aliphatic heterocycles. The molecule has 1 rings (SSSR count). The van der Waals surface area contributed by atoms with Crippen molar-refractivity contribution in [2.75, 3.05) is 0 Å². The van der Waals surface area contributed by atoms with Crippen LogP contribution in [-0.4, -0.2) is 5.24 Å². The van der Waals surface area contributed by atoms with Crippen LogP contribution < -0.4 is 0 Å². The molecule has 13 heavy (non-hydrogen) atoms. The summed E-state index contributed by atoms with van der Waals surface area (Å²) in [4.78, 5) is 10.7. The van der Waals surface area contributed by atoms with Gasteiger partial charge in [0.15, 0.2) is 0 Å². The third-order valence-electron chi connectivity index (χ3n) is 1.46. The average Bonchev–Trinajstić information content (AvgIpc) is 2.03. The maximum Gasteiger partial charge on any atom is 0.264 e. The Morgan fingerprint density at radius 2 is 2.00 bits per heavy atom. The molecule has 0 spiro atoms. The zero-order valence-electron chi connectivity index (χ0n) is 6.23. The molecule has 0 heterocycles. The molecule has 0 saturated carbocycles. The highest BCUT2D eigenvalue weighted by atomic mass is 35.5. The minimum Gasteiger partial charge on any atom is -0.276 e. The van der Waals surface area contributed by atoms with Gasteiger partial charge in [-0.1, -0.05) is 11.6 Å². The number of hydrogen-bond acceptors (Lipinski definition) is 1. The standard InChI is InChI=1S/C8H4Cl2F2O/c9-4-1-2-5(7(10)13)6(3-4)8(11)12/h1-3,8H. The summed E-state index contributed by atoms with van der Waals surface area (Å²) < 4.78 is 24.6. The topological polar surface area (TPSA) is 17.1 Å². The van der Waals surface area contributed by atoms with Crippen molar-refractivity contribution in [2.45, 2.75) is 6.43 Å². The molecular formula is C8H4Cl2F2O. The summed E-state index contributed by atoms with van der Waals surface area (Å²) in [6.45, 7) is 0. The van der Waals surface area contributed by atoms with Gasteiger partial charge in [0.05, 0.1) is 0 Å². The summed E-state index contributed by atoms with van der Waals surface area (Å²) in [7, 11) is 0. The fourth-order valence-corrected chi connectivity index (χ4v) is 1.25. The fourth-order valence-electron chi connectivity index (χ4n) is 0.893. The number of alkyl halides is 2. The number of rotatable bonds is 2. The molecule has 70 valence electrons. The van der Waals surface area contributed by atoms with E-state index in [1.807, 2.05) is 0 Å². The highest BCUT2D eigenvalue weighted by Crippen LogP contribution is 2.26. The van der Waals surface area contributed by atoms with E-state index in [1.165, 1.54) is 12.1 Å². The Balaban J connectivity index is 3.26. The van der Waals surface area contributed by atoms with Gasteiger partial charge in [0.2, 0.25) is 0 Å². The van der Waals surface area contributed by atoms with Gasteiger partial charge in [0.25, 0.3) is 11.7 Å². The quantitative estimate of drug-likeness (QED) is 0.702. The van der Waals surface area contributed by atoms with Crippen molar-refractivity contribution in [2.24, 2.45) is 0 Å². The average molecular weight is 225 g/mol. The van der Waals surface area contributed by atoms with E-state index in [-0.39, 0.29) is 10.6 Å². The molecule has 0 atom stereocenters. The lowest BCUT2D eigenvalue weighted by molar-refractivity contribution is 0.106. The van der Waals surface area contributed by atoms with Gasteiger partial charge in [0, 0.05) is 16.1 Å². The van der Waals surface area contributed by atoms with E-state index >= 15 is 0 Å². The Labute approximate surface area is 83.3 Å². The van der Waals surface area contributed by atoms with Gasteiger partial charge < -0.3 is 0 Å². The van der Waals surface area contributed by atoms with E-state index in [0.717, 1.165) is 6.07 Å². The van der Waals surface area contributed by atoms with Crippen LogP contribution in [0.3, 0.4) is 0 Å². The van der Waals surface area contributed by atoms with Crippen molar-refractivity contribution in [3.8, 4) is 0 Å². The second-order valence-corrected chi connectivity index (χ2v) is 3.09. The first-order valence-corrected chi connectivity index (χ1v) is 4.05. The van der Waals surface area contributed by atoms with E-state index < -0.39 is 17.2 Å². The Bertz CT molecular complexity index is 339. The molecule has 0 aromatic heterocycles. The second kappa shape index (κ2) is 4.03.